The smallest absolute Gasteiger partial charge is 0.243 e. The van der Waals surface area contributed by atoms with E-state index in [0.29, 0.717) is 18.8 Å². The third kappa shape index (κ3) is 6.36. The Morgan fingerprint density at radius 3 is 2.06 bits per heavy atom. The summed E-state index contributed by atoms with van der Waals surface area (Å²) in [5.41, 5.74) is 0.443. The number of nitrogens with one attached hydrogen (secondary N) is 2. The highest BCUT2D eigenvalue weighted by Crippen LogP contribution is 2.22. The van der Waals surface area contributed by atoms with E-state index in [1.165, 1.54) is 40.7 Å². The summed E-state index contributed by atoms with van der Waals surface area (Å²) in [4.78, 5) is 12.4. The standard InChI is InChI=1S/C20H24BrN3O5S2/c21-16-4-8-18(9-5-16)30(26,27)22-13-12-20(25)23-17-6-10-19(11-7-17)31(28,29)24-14-2-1-3-15-24/h4-11,22H,1-3,12-15H2,(H,23,25). The third-order valence-corrected chi connectivity index (χ3v) is 8.78. The van der Waals surface area contributed by atoms with E-state index in [1.807, 2.05) is 0 Å². The first-order chi connectivity index (χ1) is 14.7. The molecule has 31 heavy (non-hydrogen) atoms. The zero-order chi connectivity index (χ0) is 22.5. The molecule has 0 atom stereocenters. The highest BCUT2D eigenvalue weighted by atomic mass is 79.9. The molecule has 168 valence electrons. The fraction of sp³-hybridized carbons (Fsp3) is 0.350. The Labute approximate surface area is 191 Å². The van der Waals surface area contributed by atoms with Gasteiger partial charge < -0.3 is 5.32 Å². The third-order valence-electron chi connectivity index (χ3n) is 4.86. The Balaban J connectivity index is 1.52. The summed E-state index contributed by atoms with van der Waals surface area (Å²) in [7, 11) is -7.23. The van der Waals surface area contributed by atoms with Crippen LogP contribution >= 0.6 is 15.9 Å². The zero-order valence-corrected chi connectivity index (χ0v) is 20.0. The monoisotopic (exact) mass is 529 g/mol. The second-order valence-corrected chi connectivity index (χ2v) is 11.8. The molecule has 1 heterocycles. The van der Waals surface area contributed by atoms with Crippen molar-refractivity contribution >= 4 is 47.6 Å². The van der Waals surface area contributed by atoms with Crippen molar-refractivity contribution in [1.29, 1.82) is 0 Å². The highest BCUT2D eigenvalue weighted by Gasteiger charge is 2.25. The fourth-order valence-electron chi connectivity index (χ4n) is 3.18. The van der Waals surface area contributed by atoms with Crippen LogP contribution in [0.15, 0.2) is 62.8 Å². The molecule has 2 aromatic carbocycles. The van der Waals surface area contributed by atoms with E-state index in [2.05, 4.69) is 26.0 Å². The Bertz CT molecular complexity index is 1110. The summed E-state index contributed by atoms with van der Waals surface area (Å²) >= 11 is 3.25. The number of hydrogen-bond acceptors (Lipinski definition) is 5. The van der Waals surface area contributed by atoms with Gasteiger partial charge in [-0.05, 0) is 61.4 Å². The van der Waals surface area contributed by atoms with Crippen LogP contribution in [0.1, 0.15) is 25.7 Å². The fourth-order valence-corrected chi connectivity index (χ4v) is 6.00. The predicted octanol–water partition coefficient (Wildman–Crippen LogP) is 2.93. The van der Waals surface area contributed by atoms with Crippen LogP contribution in [0, 0.1) is 0 Å². The van der Waals surface area contributed by atoms with Crippen LogP contribution in [0.3, 0.4) is 0 Å². The predicted molar refractivity (Wildman–Crippen MR) is 122 cm³/mol. The van der Waals surface area contributed by atoms with Crippen LogP contribution in [0.25, 0.3) is 0 Å². The summed E-state index contributed by atoms with van der Waals surface area (Å²) in [5, 5.41) is 2.65. The number of nitrogens with zero attached hydrogens (tertiary/aromatic N) is 1. The number of rotatable bonds is 8. The van der Waals surface area contributed by atoms with Gasteiger partial charge in [0.2, 0.25) is 26.0 Å². The lowest BCUT2D eigenvalue weighted by Gasteiger charge is -2.25. The van der Waals surface area contributed by atoms with E-state index in [4.69, 9.17) is 0 Å². The molecule has 11 heteroatoms. The van der Waals surface area contributed by atoms with Gasteiger partial charge in [-0.25, -0.2) is 21.6 Å². The van der Waals surface area contributed by atoms with Crippen LogP contribution in [0.2, 0.25) is 0 Å². The van der Waals surface area contributed by atoms with Crippen molar-refractivity contribution in [2.75, 3.05) is 25.0 Å². The minimum atomic E-state index is -3.70. The normalized spacial score (nSPS) is 15.5. The first-order valence-electron chi connectivity index (χ1n) is 9.84. The molecule has 2 aromatic rings. The Kier molecular flexibility index (Phi) is 7.87. The van der Waals surface area contributed by atoms with E-state index in [1.54, 1.807) is 12.1 Å². The van der Waals surface area contributed by atoms with Crippen LogP contribution in [-0.2, 0) is 24.8 Å². The lowest BCUT2D eigenvalue weighted by molar-refractivity contribution is -0.116. The molecule has 0 aliphatic carbocycles. The first kappa shape index (κ1) is 23.9. The SMILES string of the molecule is O=C(CCNS(=O)(=O)c1ccc(Br)cc1)Nc1ccc(S(=O)(=O)N2CCCCC2)cc1. The number of piperidine rings is 1. The molecule has 0 bridgehead atoms. The minimum Gasteiger partial charge on any atom is -0.326 e. The van der Waals surface area contributed by atoms with Gasteiger partial charge in [-0.15, -0.1) is 0 Å². The maximum atomic E-state index is 12.7. The molecule has 1 amide bonds. The van der Waals surface area contributed by atoms with E-state index in [-0.39, 0.29) is 28.7 Å². The van der Waals surface area contributed by atoms with Crippen molar-refractivity contribution < 1.29 is 21.6 Å². The van der Waals surface area contributed by atoms with Gasteiger partial charge in [-0.1, -0.05) is 22.4 Å². The summed E-state index contributed by atoms with van der Waals surface area (Å²) < 4.78 is 54.4. The van der Waals surface area contributed by atoms with Crippen molar-refractivity contribution in [3.05, 3.63) is 53.0 Å². The number of carbonyl (C=O) groups excluding carboxylic acids is 1. The van der Waals surface area contributed by atoms with Crippen molar-refractivity contribution in [1.82, 2.24) is 9.03 Å². The van der Waals surface area contributed by atoms with Gasteiger partial charge in [0.15, 0.2) is 0 Å². The van der Waals surface area contributed by atoms with Crippen LogP contribution in [0.4, 0.5) is 5.69 Å². The molecule has 0 unspecified atom stereocenters. The largest absolute Gasteiger partial charge is 0.326 e. The maximum Gasteiger partial charge on any atom is 0.243 e. The summed E-state index contributed by atoms with van der Waals surface area (Å²) in [6.07, 6.45) is 2.69. The molecule has 0 aromatic heterocycles. The number of amides is 1. The molecule has 0 saturated carbocycles. The van der Waals surface area contributed by atoms with Gasteiger partial charge in [-0.3, -0.25) is 4.79 Å². The first-order valence-corrected chi connectivity index (χ1v) is 13.6. The number of halogens is 1. The summed E-state index contributed by atoms with van der Waals surface area (Å²) in [5.74, 6) is -0.384. The number of hydrogen-bond donors (Lipinski definition) is 2. The van der Waals surface area contributed by atoms with Gasteiger partial charge in [0.05, 0.1) is 9.79 Å². The molecular weight excluding hydrogens is 506 g/mol. The number of carbonyl (C=O) groups is 1. The molecule has 0 spiro atoms. The van der Waals surface area contributed by atoms with E-state index in [0.717, 1.165) is 23.7 Å². The Morgan fingerprint density at radius 2 is 1.45 bits per heavy atom. The Hall–Kier alpha value is -1.79. The van der Waals surface area contributed by atoms with Gasteiger partial charge in [0.1, 0.15) is 0 Å². The van der Waals surface area contributed by atoms with Crippen LogP contribution in [-0.4, -0.2) is 46.7 Å². The zero-order valence-electron chi connectivity index (χ0n) is 16.8. The maximum absolute atomic E-state index is 12.7. The lowest BCUT2D eigenvalue weighted by Crippen LogP contribution is -2.35. The van der Waals surface area contributed by atoms with Gasteiger partial charge in [0.25, 0.3) is 0 Å². The van der Waals surface area contributed by atoms with Crippen molar-refractivity contribution in [2.24, 2.45) is 0 Å². The van der Waals surface area contributed by atoms with Crippen LogP contribution in [0.5, 0.6) is 0 Å². The molecule has 8 nitrogen and oxygen atoms in total. The lowest BCUT2D eigenvalue weighted by atomic mass is 10.2. The average molecular weight is 530 g/mol. The van der Waals surface area contributed by atoms with E-state index in [9.17, 15) is 21.6 Å². The van der Waals surface area contributed by atoms with Crippen molar-refractivity contribution in [3.8, 4) is 0 Å². The van der Waals surface area contributed by atoms with E-state index >= 15 is 0 Å². The summed E-state index contributed by atoms with van der Waals surface area (Å²) in [6.45, 7) is 0.986. The number of benzene rings is 2. The van der Waals surface area contributed by atoms with Crippen molar-refractivity contribution in [3.63, 3.8) is 0 Å². The van der Waals surface area contributed by atoms with Crippen LogP contribution < -0.4 is 10.0 Å². The number of anilines is 1. The second-order valence-electron chi connectivity index (χ2n) is 7.14. The molecule has 1 saturated heterocycles. The van der Waals surface area contributed by atoms with Gasteiger partial charge >= 0.3 is 0 Å². The second kappa shape index (κ2) is 10.2. The minimum absolute atomic E-state index is 0.0638. The Morgan fingerprint density at radius 1 is 0.871 bits per heavy atom. The summed E-state index contributed by atoms with van der Waals surface area (Å²) in [6, 6.07) is 12.2. The van der Waals surface area contributed by atoms with Gasteiger partial charge in [0, 0.05) is 36.2 Å². The highest BCUT2D eigenvalue weighted by molar-refractivity contribution is 9.10. The molecule has 3 rings (SSSR count). The molecular formula is C20H24BrN3O5S2. The molecule has 0 radical (unpaired) electrons. The molecule has 1 aliphatic rings. The molecule has 2 N–H and O–H groups in total. The molecule has 1 fully saturated rings. The quantitative estimate of drug-likeness (QED) is 0.545. The van der Waals surface area contributed by atoms with E-state index < -0.39 is 20.0 Å². The van der Waals surface area contributed by atoms with Gasteiger partial charge in [-0.2, -0.15) is 4.31 Å². The molecule has 1 aliphatic heterocycles. The number of sulfonamides is 2. The topological polar surface area (TPSA) is 113 Å². The average Bonchev–Trinajstić information content (AvgIpc) is 2.75. The van der Waals surface area contributed by atoms with Crippen molar-refractivity contribution in [2.45, 2.75) is 35.5 Å².